The molecule has 3 N–H and O–H groups in total. The standard InChI is InChI=1S/C20H26N2O4/c1-24-17-10-9-15(19(25-2)20(17)26-3)11-12-22-18(23)13-16(21)14-7-5-4-6-8-14/h4-10,16H,11-13,21H2,1-3H3,(H,22,23). The van der Waals surface area contributed by atoms with Crippen LogP contribution < -0.4 is 25.3 Å². The maximum absolute atomic E-state index is 12.1. The smallest absolute Gasteiger partial charge is 0.221 e. The molecule has 0 spiro atoms. The van der Waals surface area contributed by atoms with Gasteiger partial charge in [-0.05, 0) is 18.1 Å². The predicted octanol–water partition coefficient (Wildman–Crippen LogP) is 2.46. The number of hydrogen-bond donors (Lipinski definition) is 2. The molecule has 0 aliphatic heterocycles. The number of amides is 1. The first-order valence-corrected chi connectivity index (χ1v) is 8.45. The van der Waals surface area contributed by atoms with Gasteiger partial charge in [0.05, 0.1) is 21.3 Å². The van der Waals surface area contributed by atoms with Gasteiger partial charge in [-0.3, -0.25) is 4.79 Å². The van der Waals surface area contributed by atoms with Crippen molar-refractivity contribution in [2.24, 2.45) is 5.73 Å². The van der Waals surface area contributed by atoms with E-state index >= 15 is 0 Å². The van der Waals surface area contributed by atoms with Crippen molar-refractivity contribution in [3.05, 3.63) is 53.6 Å². The van der Waals surface area contributed by atoms with Crippen molar-refractivity contribution < 1.29 is 19.0 Å². The van der Waals surface area contributed by atoms with Gasteiger partial charge in [0.2, 0.25) is 11.7 Å². The lowest BCUT2D eigenvalue weighted by atomic mass is 10.0. The molecule has 1 atom stereocenters. The van der Waals surface area contributed by atoms with Crippen LogP contribution in [-0.2, 0) is 11.2 Å². The van der Waals surface area contributed by atoms with E-state index in [1.165, 1.54) is 0 Å². The van der Waals surface area contributed by atoms with Gasteiger partial charge < -0.3 is 25.3 Å². The Labute approximate surface area is 154 Å². The van der Waals surface area contributed by atoms with Crippen molar-refractivity contribution in [2.75, 3.05) is 27.9 Å². The van der Waals surface area contributed by atoms with Crippen LogP contribution in [0, 0.1) is 0 Å². The second kappa shape index (κ2) is 9.68. The number of carbonyl (C=O) groups excluding carboxylic acids is 1. The molecule has 6 nitrogen and oxygen atoms in total. The molecule has 0 saturated carbocycles. The molecular weight excluding hydrogens is 332 g/mol. The van der Waals surface area contributed by atoms with Gasteiger partial charge in [0.15, 0.2) is 11.5 Å². The van der Waals surface area contributed by atoms with E-state index in [-0.39, 0.29) is 18.4 Å². The van der Waals surface area contributed by atoms with Gasteiger partial charge in [-0.2, -0.15) is 0 Å². The Morgan fingerprint density at radius 1 is 1.00 bits per heavy atom. The van der Waals surface area contributed by atoms with Gasteiger partial charge in [-0.1, -0.05) is 36.4 Å². The molecule has 0 heterocycles. The van der Waals surface area contributed by atoms with Crippen LogP contribution in [0.15, 0.2) is 42.5 Å². The first-order chi connectivity index (χ1) is 12.6. The molecule has 2 aromatic rings. The van der Waals surface area contributed by atoms with Gasteiger partial charge in [0, 0.05) is 24.6 Å². The Balaban J connectivity index is 1.92. The normalized spacial score (nSPS) is 11.5. The zero-order valence-electron chi connectivity index (χ0n) is 15.5. The summed E-state index contributed by atoms with van der Waals surface area (Å²) >= 11 is 0. The number of methoxy groups -OCH3 is 3. The number of benzene rings is 2. The molecule has 0 saturated heterocycles. The van der Waals surface area contributed by atoms with Crippen molar-refractivity contribution >= 4 is 5.91 Å². The molecule has 0 radical (unpaired) electrons. The van der Waals surface area contributed by atoms with Crippen LogP contribution in [0.3, 0.4) is 0 Å². The second-order valence-electron chi connectivity index (χ2n) is 5.81. The van der Waals surface area contributed by atoms with Crippen LogP contribution >= 0.6 is 0 Å². The van der Waals surface area contributed by atoms with Crippen molar-refractivity contribution in [1.82, 2.24) is 5.32 Å². The maximum Gasteiger partial charge on any atom is 0.221 e. The molecule has 26 heavy (non-hydrogen) atoms. The lowest BCUT2D eigenvalue weighted by Gasteiger charge is -2.16. The third kappa shape index (κ3) is 4.89. The minimum absolute atomic E-state index is 0.0826. The molecule has 0 aromatic heterocycles. The van der Waals surface area contributed by atoms with Crippen molar-refractivity contribution in [3.8, 4) is 17.2 Å². The summed E-state index contributed by atoms with van der Waals surface area (Å²) in [6.45, 7) is 0.478. The van der Waals surface area contributed by atoms with Crippen LogP contribution in [-0.4, -0.2) is 33.8 Å². The Bertz CT molecular complexity index is 719. The molecule has 0 aliphatic carbocycles. The average molecular weight is 358 g/mol. The molecule has 0 bridgehead atoms. The first kappa shape index (κ1) is 19.6. The van der Waals surface area contributed by atoms with E-state index in [9.17, 15) is 4.79 Å². The van der Waals surface area contributed by atoms with Crippen molar-refractivity contribution in [3.63, 3.8) is 0 Å². The topological polar surface area (TPSA) is 82.8 Å². The summed E-state index contributed by atoms with van der Waals surface area (Å²) in [5, 5.41) is 2.90. The Hall–Kier alpha value is -2.73. The highest BCUT2D eigenvalue weighted by Crippen LogP contribution is 2.39. The number of nitrogens with two attached hydrogens (primary N) is 1. The molecule has 0 aliphatic rings. The zero-order chi connectivity index (χ0) is 18.9. The average Bonchev–Trinajstić information content (AvgIpc) is 2.67. The fourth-order valence-corrected chi connectivity index (χ4v) is 2.79. The Kier molecular flexibility index (Phi) is 7.29. The number of rotatable bonds is 9. The van der Waals surface area contributed by atoms with E-state index in [4.69, 9.17) is 19.9 Å². The Morgan fingerprint density at radius 2 is 1.69 bits per heavy atom. The number of carbonyl (C=O) groups is 1. The van der Waals surface area contributed by atoms with E-state index in [0.717, 1.165) is 11.1 Å². The summed E-state index contributed by atoms with van der Waals surface area (Å²) in [7, 11) is 4.72. The summed E-state index contributed by atoms with van der Waals surface area (Å²) in [4.78, 5) is 12.1. The molecule has 0 fully saturated rings. The van der Waals surface area contributed by atoms with Gasteiger partial charge >= 0.3 is 0 Å². The Morgan fingerprint density at radius 3 is 2.31 bits per heavy atom. The number of hydrogen-bond acceptors (Lipinski definition) is 5. The number of ether oxygens (including phenoxy) is 3. The van der Waals surface area contributed by atoms with E-state index in [1.807, 2.05) is 42.5 Å². The van der Waals surface area contributed by atoms with Gasteiger partial charge in [-0.15, -0.1) is 0 Å². The monoisotopic (exact) mass is 358 g/mol. The molecule has 6 heteroatoms. The maximum atomic E-state index is 12.1. The lowest BCUT2D eigenvalue weighted by Crippen LogP contribution is -2.29. The van der Waals surface area contributed by atoms with Crippen LogP contribution in [0.4, 0.5) is 0 Å². The fourth-order valence-electron chi connectivity index (χ4n) is 2.79. The van der Waals surface area contributed by atoms with Gasteiger partial charge in [-0.25, -0.2) is 0 Å². The van der Waals surface area contributed by atoms with E-state index < -0.39 is 0 Å². The molecule has 2 aromatic carbocycles. The highest BCUT2D eigenvalue weighted by atomic mass is 16.5. The second-order valence-corrected chi connectivity index (χ2v) is 5.81. The van der Waals surface area contributed by atoms with E-state index in [2.05, 4.69) is 5.32 Å². The summed E-state index contributed by atoms with van der Waals surface area (Å²) in [6.07, 6.45) is 0.850. The first-order valence-electron chi connectivity index (χ1n) is 8.45. The van der Waals surface area contributed by atoms with E-state index in [0.29, 0.717) is 30.2 Å². The van der Waals surface area contributed by atoms with E-state index in [1.54, 1.807) is 21.3 Å². The quantitative estimate of drug-likeness (QED) is 0.719. The van der Waals surface area contributed by atoms with Crippen molar-refractivity contribution in [2.45, 2.75) is 18.9 Å². The molecule has 140 valence electrons. The highest BCUT2D eigenvalue weighted by Gasteiger charge is 2.16. The predicted molar refractivity (Wildman–Crippen MR) is 101 cm³/mol. The molecule has 2 rings (SSSR count). The SMILES string of the molecule is COc1ccc(CCNC(=O)CC(N)c2ccccc2)c(OC)c1OC. The van der Waals surface area contributed by atoms with Gasteiger partial charge in [0.1, 0.15) is 0 Å². The van der Waals surface area contributed by atoms with Crippen LogP contribution in [0.1, 0.15) is 23.6 Å². The summed E-state index contributed by atoms with van der Waals surface area (Å²) in [5.74, 6) is 1.68. The zero-order valence-corrected chi connectivity index (χ0v) is 15.5. The minimum Gasteiger partial charge on any atom is -0.493 e. The third-order valence-corrected chi connectivity index (χ3v) is 4.14. The lowest BCUT2D eigenvalue weighted by molar-refractivity contribution is -0.121. The van der Waals surface area contributed by atoms with Crippen LogP contribution in [0.2, 0.25) is 0 Å². The minimum atomic E-state index is -0.313. The largest absolute Gasteiger partial charge is 0.493 e. The third-order valence-electron chi connectivity index (χ3n) is 4.14. The molecular formula is C20H26N2O4. The molecule has 1 amide bonds. The van der Waals surface area contributed by atoms with Crippen LogP contribution in [0.5, 0.6) is 17.2 Å². The fraction of sp³-hybridized carbons (Fsp3) is 0.350. The van der Waals surface area contributed by atoms with Gasteiger partial charge in [0.25, 0.3) is 0 Å². The van der Waals surface area contributed by atoms with Crippen molar-refractivity contribution in [1.29, 1.82) is 0 Å². The summed E-state index contributed by atoms with van der Waals surface area (Å²) in [5.41, 5.74) is 7.96. The number of nitrogens with one attached hydrogen (secondary N) is 1. The highest BCUT2D eigenvalue weighted by molar-refractivity contribution is 5.76. The summed E-state index contributed by atoms with van der Waals surface area (Å²) in [6, 6.07) is 13.0. The summed E-state index contributed by atoms with van der Waals surface area (Å²) < 4.78 is 16.1. The van der Waals surface area contributed by atoms with Crippen LogP contribution in [0.25, 0.3) is 0 Å². The molecule has 1 unspecified atom stereocenters.